The van der Waals surface area contributed by atoms with Gasteiger partial charge in [0.1, 0.15) is 5.75 Å². The summed E-state index contributed by atoms with van der Waals surface area (Å²) >= 11 is 1.73. The molecule has 0 bridgehead atoms. The van der Waals surface area contributed by atoms with E-state index in [4.69, 9.17) is 4.74 Å². The summed E-state index contributed by atoms with van der Waals surface area (Å²) in [5.74, 6) is 0.966. The SMILES string of the molecule is CCOc1ccccc1CNCc1cnc(C)s1. The van der Waals surface area contributed by atoms with Gasteiger partial charge in [-0.25, -0.2) is 4.98 Å². The summed E-state index contributed by atoms with van der Waals surface area (Å²) in [7, 11) is 0. The van der Waals surface area contributed by atoms with Crippen LogP contribution in [0, 0.1) is 6.92 Å². The summed E-state index contributed by atoms with van der Waals surface area (Å²) < 4.78 is 5.59. The molecule has 0 unspecified atom stereocenters. The van der Waals surface area contributed by atoms with E-state index < -0.39 is 0 Å². The van der Waals surface area contributed by atoms with E-state index in [-0.39, 0.29) is 0 Å². The molecule has 0 aliphatic heterocycles. The normalized spacial score (nSPS) is 10.6. The molecule has 2 rings (SSSR count). The Kier molecular flexibility index (Phi) is 4.73. The highest BCUT2D eigenvalue weighted by molar-refractivity contribution is 7.11. The van der Waals surface area contributed by atoms with Gasteiger partial charge in [-0.1, -0.05) is 18.2 Å². The number of aryl methyl sites for hydroxylation is 1. The maximum absolute atomic E-state index is 5.59. The maximum atomic E-state index is 5.59. The van der Waals surface area contributed by atoms with Crippen LogP contribution in [-0.4, -0.2) is 11.6 Å². The molecule has 1 aromatic heterocycles. The molecule has 18 heavy (non-hydrogen) atoms. The Morgan fingerprint density at radius 3 is 2.83 bits per heavy atom. The zero-order valence-corrected chi connectivity index (χ0v) is 11.6. The Labute approximate surface area is 112 Å². The Hall–Kier alpha value is -1.39. The van der Waals surface area contributed by atoms with Gasteiger partial charge < -0.3 is 10.1 Å². The van der Waals surface area contributed by atoms with Crippen LogP contribution in [0.3, 0.4) is 0 Å². The lowest BCUT2D eigenvalue weighted by molar-refractivity contribution is 0.335. The summed E-state index contributed by atoms with van der Waals surface area (Å²) in [6.07, 6.45) is 1.93. The Bertz CT molecular complexity index is 496. The number of hydrogen-bond acceptors (Lipinski definition) is 4. The molecule has 4 heteroatoms. The van der Waals surface area contributed by atoms with E-state index in [0.29, 0.717) is 6.61 Å². The minimum Gasteiger partial charge on any atom is -0.494 e. The molecule has 0 radical (unpaired) electrons. The average molecular weight is 262 g/mol. The van der Waals surface area contributed by atoms with Crippen molar-refractivity contribution < 1.29 is 4.74 Å². The van der Waals surface area contributed by atoms with Crippen LogP contribution in [0.25, 0.3) is 0 Å². The first-order valence-corrected chi connectivity index (χ1v) is 6.94. The largest absolute Gasteiger partial charge is 0.494 e. The number of ether oxygens (including phenoxy) is 1. The van der Waals surface area contributed by atoms with E-state index in [1.54, 1.807) is 11.3 Å². The van der Waals surface area contributed by atoms with E-state index in [0.717, 1.165) is 23.8 Å². The molecule has 0 amide bonds. The van der Waals surface area contributed by atoms with E-state index in [2.05, 4.69) is 16.4 Å². The first-order valence-electron chi connectivity index (χ1n) is 6.12. The second-order valence-corrected chi connectivity index (χ2v) is 5.31. The van der Waals surface area contributed by atoms with Crippen LogP contribution in [0.2, 0.25) is 0 Å². The van der Waals surface area contributed by atoms with Gasteiger partial charge in [0.05, 0.1) is 11.6 Å². The fraction of sp³-hybridized carbons (Fsp3) is 0.357. The van der Waals surface area contributed by atoms with Crippen molar-refractivity contribution in [2.24, 2.45) is 0 Å². The molecule has 1 N–H and O–H groups in total. The van der Waals surface area contributed by atoms with Crippen LogP contribution in [0.1, 0.15) is 22.4 Å². The lowest BCUT2D eigenvalue weighted by Crippen LogP contribution is -2.12. The van der Waals surface area contributed by atoms with Gasteiger partial charge >= 0.3 is 0 Å². The highest BCUT2D eigenvalue weighted by Crippen LogP contribution is 2.18. The number of aromatic nitrogens is 1. The number of para-hydroxylation sites is 1. The predicted molar refractivity (Wildman–Crippen MR) is 75.0 cm³/mol. The van der Waals surface area contributed by atoms with Crippen molar-refractivity contribution in [3.05, 3.63) is 45.9 Å². The number of rotatable bonds is 6. The molecular formula is C14H18N2OS. The molecular weight excluding hydrogens is 244 g/mol. The van der Waals surface area contributed by atoms with Gasteiger partial charge in [0.25, 0.3) is 0 Å². The van der Waals surface area contributed by atoms with Gasteiger partial charge in [-0.15, -0.1) is 11.3 Å². The summed E-state index contributed by atoms with van der Waals surface area (Å²) in [6, 6.07) is 8.14. The molecule has 3 nitrogen and oxygen atoms in total. The summed E-state index contributed by atoms with van der Waals surface area (Å²) in [5, 5.41) is 4.53. The number of nitrogens with zero attached hydrogens (tertiary/aromatic N) is 1. The highest BCUT2D eigenvalue weighted by Gasteiger charge is 2.02. The molecule has 2 aromatic rings. The van der Waals surface area contributed by atoms with E-state index in [9.17, 15) is 0 Å². The average Bonchev–Trinajstić information content (AvgIpc) is 2.78. The lowest BCUT2D eigenvalue weighted by Gasteiger charge is -2.10. The first-order chi connectivity index (χ1) is 8.79. The van der Waals surface area contributed by atoms with Crippen molar-refractivity contribution in [2.45, 2.75) is 26.9 Å². The monoisotopic (exact) mass is 262 g/mol. The molecule has 0 spiro atoms. The van der Waals surface area contributed by atoms with Gasteiger partial charge in [-0.3, -0.25) is 0 Å². The van der Waals surface area contributed by atoms with Crippen molar-refractivity contribution in [3.63, 3.8) is 0 Å². The molecule has 0 atom stereocenters. The first kappa shape index (κ1) is 13.1. The minimum atomic E-state index is 0.699. The van der Waals surface area contributed by atoms with E-state index >= 15 is 0 Å². The zero-order valence-electron chi connectivity index (χ0n) is 10.8. The Morgan fingerprint density at radius 2 is 2.11 bits per heavy atom. The molecule has 0 aliphatic rings. The third-order valence-electron chi connectivity index (χ3n) is 2.56. The van der Waals surface area contributed by atoms with Gasteiger partial charge in [0.2, 0.25) is 0 Å². The van der Waals surface area contributed by atoms with Crippen molar-refractivity contribution in [3.8, 4) is 5.75 Å². The second-order valence-electron chi connectivity index (χ2n) is 3.99. The van der Waals surface area contributed by atoms with Crippen LogP contribution in [-0.2, 0) is 13.1 Å². The molecule has 0 aliphatic carbocycles. The fourth-order valence-corrected chi connectivity index (χ4v) is 2.52. The topological polar surface area (TPSA) is 34.1 Å². The number of benzene rings is 1. The second kappa shape index (κ2) is 6.52. The summed E-state index contributed by atoms with van der Waals surface area (Å²) in [6.45, 7) is 6.40. The quantitative estimate of drug-likeness (QED) is 0.868. The zero-order chi connectivity index (χ0) is 12.8. The standard InChI is InChI=1S/C14H18N2OS/c1-3-17-14-7-5-4-6-12(14)8-15-9-13-10-16-11(2)18-13/h4-7,10,15H,3,8-9H2,1-2H3. The number of thiazole rings is 1. The van der Waals surface area contributed by atoms with Gasteiger partial charge in [0.15, 0.2) is 0 Å². The molecule has 96 valence electrons. The maximum Gasteiger partial charge on any atom is 0.123 e. The van der Waals surface area contributed by atoms with Gasteiger partial charge in [0, 0.05) is 29.7 Å². The third kappa shape index (κ3) is 3.55. The summed E-state index contributed by atoms with van der Waals surface area (Å²) in [5.41, 5.74) is 1.19. The van der Waals surface area contributed by atoms with Crippen molar-refractivity contribution in [2.75, 3.05) is 6.61 Å². The van der Waals surface area contributed by atoms with Crippen molar-refractivity contribution >= 4 is 11.3 Å². The molecule has 0 fully saturated rings. The van der Waals surface area contributed by atoms with Crippen LogP contribution in [0.5, 0.6) is 5.75 Å². The van der Waals surface area contributed by atoms with Gasteiger partial charge in [-0.2, -0.15) is 0 Å². The Balaban J connectivity index is 1.89. The summed E-state index contributed by atoms with van der Waals surface area (Å²) in [4.78, 5) is 5.51. The van der Waals surface area contributed by atoms with Crippen LogP contribution in [0.15, 0.2) is 30.5 Å². The smallest absolute Gasteiger partial charge is 0.123 e. The van der Waals surface area contributed by atoms with Crippen molar-refractivity contribution in [1.29, 1.82) is 0 Å². The highest BCUT2D eigenvalue weighted by atomic mass is 32.1. The predicted octanol–water partition coefficient (Wildman–Crippen LogP) is 3.14. The Morgan fingerprint density at radius 1 is 1.28 bits per heavy atom. The molecule has 1 heterocycles. The van der Waals surface area contributed by atoms with E-state index in [1.165, 1.54) is 10.4 Å². The van der Waals surface area contributed by atoms with Gasteiger partial charge in [-0.05, 0) is 19.9 Å². The van der Waals surface area contributed by atoms with Crippen molar-refractivity contribution in [1.82, 2.24) is 10.3 Å². The molecule has 0 saturated carbocycles. The molecule has 1 aromatic carbocycles. The van der Waals surface area contributed by atoms with Crippen LogP contribution >= 0.6 is 11.3 Å². The lowest BCUT2D eigenvalue weighted by atomic mass is 10.2. The molecule has 0 saturated heterocycles. The fourth-order valence-electron chi connectivity index (χ4n) is 1.75. The number of hydrogen-bond donors (Lipinski definition) is 1. The minimum absolute atomic E-state index is 0.699. The number of nitrogens with one attached hydrogen (secondary N) is 1. The van der Waals surface area contributed by atoms with E-state index in [1.807, 2.05) is 38.2 Å². The third-order valence-corrected chi connectivity index (χ3v) is 3.47. The van der Waals surface area contributed by atoms with Crippen LogP contribution in [0.4, 0.5) is 0 Å². The van der Waals surface area contributed by atoms with Crippen LogP contribution < -0.4 is 10.1 Å².